The van der Waals surface area contributed by atoms with Crippen molar-refractivity contribution in [3.63, 3.8) is 0 Å². The molecule has 0 radical (unpaired) electrons. The maximum Gasteiger partial charge on any atom is 0.265 e. The summed E-state index contributed by atoms with van der Waals surface area (Å²) in [6.07, 6.45) is 0.915. The van der Waals surface area contributed by atoms with Gasteiger partial charge in [0.2, 0.25) is 0 Å². The van der Waals surface area contributed by atoms with E-state index in [1.807, 2.05) is 16.3 Å². The van der Waals surface area contributed by atoms with Crippen LogP contribution in [0.3, 0.4) is 0 Å². The average Bonchev–Trinajstić information content (AvgIpc) is 3.34. The number of nitrogens with zero attached hydrogens (tertiary/aromatic N) is 1. The second-order valence-corrected chi connectivity index (χ2v) is 8.18. The predicted molar refractivity (Wildman–Crippen MR) is 106 cm³/mol. The Balaban J connectivity index is 1.47. The van der Waals surface area contributed by atoms with Crippen LogP contribution in [0.5, 0.6) is 0 Å². The van der Waals surface area contributed by atoms with Gasteiger partial charge in [-0.3, -0.25) is 9.59 Å². The molecule has 3 heterocycles. The number of nitrogens with one attached hydrogen (secondary N) is 1. The van der Waals surface area contributed by atoms with E-state index in [9.17, 15) is 9.59 Å². The van der Waals surface area contributed by atoms with Crippen molar-refractivity contribution in [3.05, 3.63) is 74.1 Å². The van der Waals surface area contributed by atoms with Gasteiger partial charge in [0, 0.05) is 22.7 Å². The van der Waals surface area contributed by atoms with E-state index in [-0.39, 0.29) is 17.9 Å². The first-order valence-electron chi connectivity index (χ1n) is 8.45. The summed E-state index contributed by atoms with van der Waals surface area (Å²) in [7, 11) is 0. The third kappa shape index (κ3) is 3.18. The third-order valence-corrected chi connectivity index (χ3v) is 6.54. The fourth-order valence-corrected chi connectivity index (χ4v) is 4.83. The van der Waals surface area contributed by atoms with Crippen LogP contribution in [0.2, 0.25) is 0 Å². The van der Waals surface area contributed by atoms with Crippen LogP contribution < -0.4 is 5.32 Å². The molecule has 1 atom stereocenters. The Morgan fingerprint density at radius 2 is 1.88 bits per heavy atom. The van der Waals surface area contributed by atoms with E-state index in [1.54, 1.807) is 41.7 Å². The molecule has 4 rings (SSSR count). The van der Waals surface area contributed by atoms with E-state index in [0.29, 0.717) is 16.1 Å². The van der Waals surface area contributed by atoms with Crippen LogP contribution in [0.15, 0.2) is 53.2 Å². The summed E-state index contributed by atoms with van der Waals surface area (Å²) in [6, 6.07) is 13.0. The molecule has 2 aromatic heterocycles. The molecule has 0 unspecified atom stereocenters. The maximum absolute atomic E-state index is 12.9. The second-order valence-electron chi connectivity index (χ2n) is 6.23. The van der Waals surface area contributed by atoms with Crippen molar-refractivity contribution in [1.82, 2.24) is 4.90 Å². The van der Waals surface area contributed by atoms with Gasteiger partial charge in [0.15, 0.2) is 0 Å². The topological polar surface area (TPSA) is 49.4 Å². The Hall–Kier alpha value is -2.44. The first kappa shape index (κ1) is 17.0. The molecule has 0 bridgehead atoms. The Morgan fingerprint density at radius 1 is 1.08 bits per heavy atom. The van der Waals surface area contributed by atoms with Gasteiger partial charge in [-0.05, 0) is 66.1 Å². The van der Waals surface area contributed by atoms with Gasteiger partial charge in [0.1, 0.15) is 0 Å². The Kier molecular flexibility index (Phi) is 4.61. The zero-order valence-electron chi connectivity index (χ0n) is 14.3. The largest absolute Gasteiger partial charge is 0.331 e. The molecule has 4 nitrogen and oxygen atoms in total. The number of amides is 2. The first-order valence-corrected chi connectivity index (χ1v) is 10.2. The molecule has 2 amide bonds. The highest BCUT2D eigenvalue weighted by Gasteiger charge is 2.28. The summed E-state index contributed by atoms with van der Waals surface area (Å²) in [4.78, 5) is 29.0. The number of hydrogen-bond acceptors (Lipinski definition) is 4. The smallest absolute Gasteiger partial charge is 0.265 e. The van der Waals surface area contributed by atoms with Crippen LogP contribution >= 0.6 is 22.7 Å². The molecule has 0 spiro atoms. The number of carbonyl (C=O) groups is 2. The Morgan fingerprint density at radius 3 is 2.62 bits per heavy atom. The minimum absolute atomic E-state index is 0.0329. The Labute approximate surface area is 160 Å². The first-order chi connectivity index (χ1) is 12.6. The second kappa shape index (κ2) is 7.05. The fourth-order valence-electron chi connectivity index (χ4n) is 3.25. The van der Waals surface area contributed by atoms with Crippen LogP contribution in [0, 0.1) is 0 Å². The molecule has 0 fully saturated rings. The number of benzene rings is 1. The Bertz CT molecular complexity index is 929. The third-order valence-electron chi connectivity index (χ3n) is 4.67. The van der Waals surface area contributed by atoms with Crippen molar-refractivity contribution in [3.8, 4) is 0 Å². The number of rotatable bonds is 3. The number of fused-ring (bicyclic) bond motifs is 1. The zero-order valence-corrected chi connectivity index (χ0v) is 15.9. The fraction of sp³-hybridized carbons (Fsp3) is 0.200. The van der Waals surface area contributed by atoms with Crippen LogP contribution in [-0.4, -0.2) is 23.3 Å². The van der Waals surface area contributed by atoms with Crippen molar-refractivity contribution < 1.29 is 9.59 Å². The van der Waals surface area contributed by atoms with Crippen LogP contribution in [-0.2, 0) is 6.42 Å². The summed E-state index contributed by atoms with van der Waals surface area (Å²) < 4.78 is 0. The van der Waals surface area contributed by atoms with E-state index < -0.39 is 0 Å². The summed E-state index contributed by atoms with van der Waals surface area (Å²) >= 11 is 3.17. The predicted octanol–water partition coefficient (Wildman–Crippen LogP) is 4.82. The van der Waals surface area contributed by atoms with E-state index in [0.717, 1.165) is 13.0 Å². The highest BCUT2D eigenvalue weighted by atomic mass is 32.1. The van der Waals surface area contributed by atoms with E-state index >= 15 is 0 Å². The van der Waals surface area contributed by atoms with Gasteiger partial charge in [-0.1, -0.05) is 6.07 Å². The maximum atomic E-state index is 12.9. The number of hydrogen-bond donors (Lipinski definition) is 1. The highest BCUT2D eigenvalue weighted by Crippen LogP contribution is 2.33. The lowest BCUT2D eigenvalue weighted by Crippen LogP contribution is -2.38. The number of anilines is 1. The molecule has 3 aromatic rings. The van der Waals surface area contributed by atoms with Crippen molar-refractivity contribution in [2.24, 2.45) is 0 Å². The highest BCUT2D eigenvalue weighted by molar-refractivity contribution is 7.12. The van der Waals surface area contributed by atoms with Crippen LogP contribution in [0.1, 0.15) is 43.4 Å². The normalized spacial score (nSPS) is 16.2. The average molecular weight is 383 g/mol. The molecule has 26 heavy (non-hydrogen) atoms. The van der Waals surface area contributed by atoms with Crippen LogP contribution in [0.25, 0.3) is 0 Å². The van der Waals surface area contributed by atoms with Gasteiger partial charge in [0.05, 0.1) is 10.9 Å². The summed E-state index contributed by atoms with van der Waals surface area (Å²) in [5, 5.41) is 6.82. The molecular weight excluding hydrogens is 364 g/mol. The lowest BCUT2D eigenvalue weighted by molar-refractivity contribution is 0.0679. The standard InChI is InChI=1S/C20H18N2O2S2/c1-13-16-9-12-26-17(16)8-10-22(13)20(24)14-4-6-15(7-5-14)21-19(23)18-3-2-11-25-18/h2-7,9,11-13H,8,10H2,1H3,(H,21,23)/t13-/m0/s1. The number of carbonyl (C=O) groups excluding carboxylic acids is 2. The SMILES string of the molecule is C[C@H]1c2ccsc2CCN1C(=O)c1ccc(NC(=O)c2cccs2)cc1. The van der Waals surface area contributed by atoms with Gasteiger partial charge in [0.25, 0.3) is 11.8 Å². The quantitative estimate of drug-likeness (QED) is 0.706. The molecular formula is C20H18N2O2S2. The molecule has 0 saturated carbocycles. The van der Waals surface area contributed by atoms with Crippen LogP contribution in [0.4, 0.5) is 5.69 Å². The van der Waals surface area contributed by atoms with E-state index in [2.05, 4.69) is 23.7 Å². The lowest BCUT2D eigenvalue weighted by Gasteiger charge is -2.33. The molecule has 132 valence electrons. The van der Waals surface area contributed by atoms with Gasteiger partial charge in [-0.2, -0.15) is 0 Å². The van der Waals surface area contributed by atoms with Gasteiger partial charge in [-0.15, -0.1) is 22.7 Å². The summed E-state index contributed by atoms with van der Waals surface area (Å²) in [5.41, 5.74) is 2.59. The van der Waals surface area contributed by atoms with Gasteiger partial charge >= 0.3 is 0 Å². The zero-order chi connectivity index (χ0) is 18.1. The van der Waals surface area contributed by atoms with Crippen molar-refractivity contribution in [2.75, 3.05) is 11.9 Å². The molecule has 6 heteroatoms. The molecule has 0 aliphatic carbocycles. The molecule has 1 aromatic carbocycles. The molecule has 1 N–H and O–H groups in total. The monoisotopic (exact) mass is 382 g/mol. The van der Waals surface area contributed by atoms with Crippen molar-refractivity contribution in [2.45, 2.75) is 19.4 Å². The summed E-state index contributed by atoms with van der Waals surface area (Å²) in [6.45, 7) is 2.82. The lowest BCUT2D eigenvalue weighted by atomic mass is 10.0. The number of thiophene rings is 2. The molecule has 0 saturated heterocycles. The van der Waals surface area contributed by atoms with Gasteiger partial charge < -0.3 is 10.2 Å². The van der Waals surface area contributed by atoms with Gasteiger partial charge in [-0.25, -0.2) is 0 Å². The minimum Gasteiger partial charge on any atom is -0.331 e. The van der Waals surface area contributed by atoms with E-state index in [4.69, 9.17) is 0 Å². The molecule has 1 aliphatic heterocycles. The minimum atomic E-state index is -0.131. The van der Waals surface area contributed by atoms with E-state index in [1.165, 1.54) is 21.8 Å². The summed E-state index contributed by atoms with van der Waals surface area (Å²) in [5.74, 6) is -0.0980. The van der Waals surface area contributed by atoms with Crippen molar-refractivity contribution in [1.29, 1.82) is 0 Å². The molecule has 1 aliphatic rings. The van der Waals surface area contributed by atoms with Crippen molar-refractivity contribution >= 4 is 40.2 Å².